The second-order valence-electron chi connectivity index (χ2n) is 6.62. The fourth-order valence-corrected chi connectivity index (χ4v) is 3.39. The van der Waals surface area contributed by atoms with Crippen LogP contribution in [0.25, 0.3) is 0 Å². The molecule has 3 rings (SSSR count). The highest BCUT2D eigenvalue weighted by Gasteiger charge is 2.19. The summed E-state index contributed by atoms with van der Waals surface area (Å²) < 4.78 is 10.5. The molecule has 0 saturated carbocycles. The number of anilines is 1. The van der Waals surface area contributed by atoms with Gasteiger partial charge < -0.3 is 19.7 Å². The molecule has 0 atom stereocenters. The molecule has 1 amide bonds. The predicted molar refractivity (Wildman–Crippen MR) is 103 cm³/mol. The number of hydrogen-bond acceptors (Lipinski definition) is 4. The van der Waals surface area contributed by atoms with Crippen LogP contribution < -0.4 is 19.7 Å². The van der Waals surface area contributed by atoms with E-state index in [4.69, 9.17) is 9.47 Å². The lowest BCUT2D eigenvalue weighted by Crippen LogP contribution is -2.39. The second kappa shape index (κ2) is 8.13. The van der Waals surface area contributed by atoms with Gasteiger partial charge in [-0.25, -0.2) is 0 Å². The van der Waals surface area contributed by atoms with Crippen molar-refractivity contribution >= 4 is 11.6 Å². The number of nitrogens with zero attached hydrogens (tertiary/aromatic N) is 1. The van der Waals surface area contributed by atoms with E-state index < -0.39 is 0 Å². The molecule has 26 heavy (non-hydrogen) atoms. The van der Waals surface area contributed by atoms with E-state index in [1.165, 1.54) is 16.8 Å². The summed E-state index contributed by atoms with van der Waals surface area (Å²) in [6.07, 6.45) is 2.17. The number of amides is 1. The summed E-state index contributed by atoms with van der Waals surface area (Å²) in [5, 5.41) is 3.00. The maximum atomic E-state index is 12.4. The molecule has 0 aliphatic carbocycles. The van der Waals surface area contributed by atoms with Crippen LogP contribution in [0.15, 0.2) is 36.4 Å². The van der Waals surface area contributed by atoms with Crippen LogP contribution in [-0.2, 0) is 17.8 Å². The highest BCUT2D eigenvalue weighted by Crippen LogP contribution is 2.28. The van der Waals surface area contributed by atoms with Gasteiger partial charge in [0, 0.05) is 18.8 Å². The molecule has 1 aliphatic rings. The Morgan fingerprint density at radius 2 is 1.92 bits per heavy atom. The van der Waals surface area contributed by atoms with E-state index in [1.807, 2.05) is 18.2 Å². The van der Waals surface area contributed by atoms with Crippen LogP contribution in [0.1, 0.15) is 23.1 Å². The van der Waals surface area contributed by atoms with Crippen molar-refractivity contribution in [2.45, 2.75) is 26.3 Å². The van der Waals surface area contributed by atoms with Gasteiger partial charge in [-0.05, 0) is 49.1 Å². The minimum Gasteiger partial charge on any atom is -0.493 e. The molecule has 0 saturated heterocycles. The Balaban J connectivity index is 1.60. The number of rotatable bonds is 6. The van der Waals surface area contributed by atoms with Crippen molar-refractivity contribution in [1.82, 2.24) is 5.32 Å². The number of aryl methyl sites for hydroxylation is 2. The van der Waals surface area contributed by atoms with E-state index in [2.05, 4.69) is 35.3 Å². The molecule has 1 heterocycles. The van der Waals surface area contributed by atoms with Gasteiger partial charge in [-0.15, -0.1) is 0 Å². The monoisotopic (exact) mass is 354 g/mol. The molecular weight excluding hydrogens is 328 g/mol. The van der Waals surface area contributed by atoms with E-state index in [-0.39, 0.29) is 5.91 Å². The zero-order valence-corrected chi connectivity index (χ0v) is 15.7. The molecule has 2 aromatic carbocycles. The van der Waals surface area contributed by atoms with Crippen LogP contribution in [0, 0.1) is 6.92 Å². The maximum Gasteiger partial charge on any atom is 0.239 e. The highest BCUT2D eigenvalue weighted by atomic mass is 16.5. The number of benzene rings is 2. The minimum absolute atomic E-state index is 0.0215. The zero-order chi connectivity index (χ0) is 18.5. The average molecular weight is 354 g/mol. The number of carbonyl (C=O) groups excluding carboxylic acids is 1. The Hall–Kier alpha value is -2.69. The van der Waals surface area contributed by atoms with Crippen molar-refractivity contribution < 1.29 is 14.3 Å². The third-order valence-corrected chi connectivity index (χ3v) is 4.72. The summed E-state index contributed by atoms with van der Waals surface area (Å²) in [6, 6.07) is 12.1. The van der Waals surface area contributed by atoms with Crippen molar-refractivity contribution in [2.24, 2.45) is 0 Å². The fourth-order valence-electron chi connectivity index (χ4n) is 3.39. The SMILES string of the molecule is COc1ccc(CNC(=O)CN2CCCc3cc(C)ccc32)cc1OC. The lowest BCUT2D eigenvalue weighted by atomic mass is 9.99. The largest absolute Gasteiger partial charge is 0.493 e. The van der Waals surface area contributed by atoms with Crippen molar-refractivity contribution in [3.8, 4) is 11.5 Å². The third-order valence-electron chi connectivity index (χ3n) is 4.72. The molecule has 0 bridgehead atoms. The van der Waals surface area contributed by atoms with E-state index in [9.17, 15) is 4.79 Å². The maximum absolute atomic E-state index is 12.4. The van der Waals surface area contributed by atoms with E-state index in [0.717, 1.165) is 24.9 Å². The Kier molecular flexibility index (Phi) is 5.66. The molecule has 0 aromatic heterocycles. The number of nitrogens with one attached hydrogen (secondary N) is 1. The number of fused-ring (bicyclic) bond motifs is 1. The van der Waals surface area contributed by atoms with Crippen molar-refractivity contribution in [3.05, 3.63) is 53.1 Å². The number of ether oxygens (including phenoxy) is 2. The van der Waals surface area contributed by atoms with Crippen LogP contribution >= 0.6 is 0 Å². The van der Waals surface area contributed by atoms with Crippen molar-refractivity contribution in [3.63, 3.8) is 0 Å². The average Bonchev–Trinajstić information content (AvgIpc) is 2.66. The first-order chi connectivity index (χ1) is 12.6. The molecule has 1 N–H and O–H groups in total. The smallest absolute Gasteiger partial charge is 0.239 e. The van der Waals surface area contributed by atoms with Crippen LogP contribution in [0.2, 0.25) is 0 Å². The molecule has 0 unspecified atom stereocenters. The first-order valence-electron chi connectivity index (χ1n) is 8.93. The normalized spacial score (nSPS) is 13.1. The zero-order valence-electron chi connectivity index (χ0n) is 15.7. The van der Waals surface area contributed by atoms with Gasteiger partial charge in [0.25, 0.3) is 0 Å². The first-order valence-corrected chi connectivity index (χ1v) is 8.93. The second-order valence-corrected chi connectivity index (χ2v) is 6.62. The lowest BCUT2D eigenvalue weighted by Gasteiger charge is -2.31. The highest BCUT2D eigenvalue weighted by molar-refractivity contribution is 5.82. The van der Waals surface area contributed by atoms with Crippen molar-refractivity contribution in [2.75, 3.05) is 32.2 Å². The van der Waals surface area contributed by atoms with Gasteiger partial charge in [0.05, 0.1) is 20.8 Å². The molecule has 5 nitrogen and oxygen atoms in total. The summed E-state index contributed by atoms with van der Waals surface area (Å²) in [5.74, 6) is 1.37. The minimum atomic E-state index is 0.0215. The summed E-state index contributed by atoms with van der Waals surface area (Å²) in [6.45, 7) is 3.87. The van der Waals surface area contributed by atoms with E-state index in [0.29, 0.717) is 24.6 Å². The Bertz CT molecular complexity index is 789. The molecule has 2 aromatic rings. The number of hydrogen-bond donors (Lipinski definition) is 1. The number of carbonyl (C=O) groups is 1. The van der Waals surface area contributed by atoms with Crippen LogP contribution in [0.5, 0.6) is 11.5 Å². The molecule has 0 radical (unpaired) electrons. The Labute approximate surface area is 154 Å². The summed E-state index contributed by atoms with van der Waals surface area (Å²) in [7, 11) is 3.22. The van der Waals surface area contributed by atoms with E-state index >= 15 is 0 Å². The predicted octanol–water partition coefficient (Wildman–Crippen LogP) is 3.08. The summed E-state index contributed by atoms with van der Waals surface area (Å²) in [4.78, 5) is 14.6. The summed E-state index contributed by atoms with van der Waals surface area (Å²) in [5.41, 5.74) is 4.77. The summed E-state index contributed by atoms with van der Waals surface area (Å²) >= 11 is 0. The molecular formula is C21H26N2O3. The molecule has 0 fully saturated rings. The standard InChI is InChI=1S/C21H26N2O3/c1-15-6-8-18-17(11-15)5-4-10-23(18)14-21(24)22-13-16-7-9-19(25-2)20(12-16)26-3/h6-9,11-12H,4-5,10,13-14H2,1-3H3,(H,22,24). The van der Waals surface area contributed by atoms with Gasteiger partial charge >= 0.3 is 0 Å². The number of methoxy groups -OCH3 is 2. The van der Waals surface area contributed by atoms with Crippen LogP contribution in [0.4, 0.5) is 5.69 Å². The topological polar surface area (TPSA) is 50.8 Å². The van der Waals surface area contributed by atoms with Gasteiger partial charge in [0.15, 0.2) is 11.5 Å². The third kappa shape index (κ3) is 4.10. The quantitative estimate of drug-likeness (QED) is 0.866. The Morgan fingerprint density at radius 3 is 2.69 bits per heavy atom. The lowest BCUT2D eigenvalue weighted by molar-refractivity contribution is -0.119. The van der Waals surface area contributed by atoms with E-state index in [1.54, 1.807) is 14.2 Å². The van der Waals surface area contributed by atoms with Crippen LogP contribution in [-0.4, -0.2) is 33.2 Å². The fraction of sp³-hybridized carbons (Fsp3) is 0.381. The van der Waals surface area contributed by atoms with Gasteiger partial charge in [-0.2, -0.15) is 0 Å². The Morgan fingerprint density at radius 1 is 1.12 bits per heavy atom. The molecule has 0 spiro atoms. The van der Waals surface area contributed by atoms with Crippen molar-refractivity contribution in [1.29, 1.82) is 0 Å². The first kappa shape index (κ1) is 18.1. The molecule has 1 aliphatic heterocycles. The van der Waals surface area contributed by atoms with Gasteiger partial charge in [0.1, 0.15) is 0 Å². The molecule has 5 heteroatoms. The molecule has 138 valence electrons. The van der Waals surface area contributed by atoms with Gasteiger partial charge in [-0.1, -0.05) is 23.8 Å². The van der Waals surface area contributed by atoms with Gasteiger partial charge in [-0.3, -0.25) is 4.79 Å². The van der Waals surface area contributed by atoms with Gasteiger partial charge in [0.2, 0.25) is 5.91 Å². The van der Waals surface area contributed by atoms with Crippen LogP contribution in [0.3, 0.4) is 0 Å².